The highest BCUT2D eigenvalue weighted by molar-refractivity contribution is 6.39. The van der Waals surface area contributed by atoms with Crippen LogP contribution in [0.1, 0.15) is 54.9 Å². The fourth-order valence-corrected chi connectivity index (χ4v) is 6.41. The summed E-state index contributed by atoms with van der Waals surface area (Å²) >= 11 is 13.0. The lowest BCUT2D eigenvalue weighted by Crippen LogP contribution is -2.39. The van der Waals surface area contributed by atoms with Crippen molar-refractivity contribution in [2.75, 3.05) is 11.4 Å². The number of carboxylic acid groups (broad SMARTS) is 1. The summed E-state index contributed by atoms with van der Waals surface area (Å²) in [6.45, 7) is 1.09. The van der Waals surface area contributed by atoms with E-state index in [0.29, 0.717) is 57.4 Å². The average Bonchev–Trinajstić information content (AvgIpc) is 3.32. The fourth-order valence-electron chi connectivity index (χ4n) is 5.83. The summed E-state index contributed by atoms with van der Waals surface area (Å²) in [6, 6.07) is 10.7. The van der Waals surface area contributed by atoms with Gasteiger partial charge in [0.2, 0.25) is 0 Å². The van der Waals surface area contributed by atoms with Crippen molar-refractivity contribution in [3.8, 4) is 11.3 Å². The molecular formula is C28H27Cl2FN2O4. The highest BCUT2D eigenvalue weighted by atomic mass is 35.5. The van der Waals surface area contributed by atoms with Crippen molar-refractivity contribution in [2.24, 2.45) is 5.92 Å². The quantitative estimate of drug-likeness (QED) is 0.317. The predicted molar refractivity (Wildman–Crippen MR) is 139 cm³/mol. The molecule has 3 atom stereocenters. The third-order valence-electron chi connectivity index (χ3n) is 7.83. The number of anilines is 1. The maximum atomic E-state index is 14.9. The maximum Gasteiger partial charge on any atom is 0.303 e. The van der Waals surface area contributed by atoms with Gasteiger partial charge in [-0.25, -0.2) is 4.39 Å². The van der Waals surface area contributed by atoms with Gasteiger partial charge in [0, 0.05) is 42.0 Å². The normalized spacial score (nSPS) is 22.7. The number of nitrogens with zero attached hydrogens (tertiary/aromatic N) is 2. The summed E-state index contributed by atoms with van der Waals surface area (Å²) in [6.07, 6.45) is 4.29. The molecule has 3 aliphatic rings. The summed E-state index contributed by atoms with van der Waals surface area (Å²) in [7, 11) is 0. The fraction of sp³-hybridized carbons (Fsp3) is 0.429. The Morgan fingerprint density at radius 3 is 2.62 bits per heavy atom. The molecule has 1 aromatic heterocycles. The minimum Gasteiger partial charge on any atom is -0.481 e. The van der Waals surface area contributed by atoms with Crippen molar-refractivity contribution in [1.29, 1.82) is 0 Å². The van der Waals surface area contributed by atoms with Crippen LogP contribution >= 0.6 is 23.2 Å². The molecule has 2 aromatic carbocycles. The second kappa shape index (κ2) is 9.93. The summed E-state index contributed by atoms with van der Waals surface area (Å²) in [5.41, 5.74) is 3.51. The Morgan fingerprint density at radius 1 is 1.19 bits per heavy atom. The highest BCUT2D eigenvalue weighted by Gasteiger charge is 2.46. The van der Waals surface area contributed by atoms with Crippen molar-refractivity contribution in [1.82, 2.24) is 5.16 Å². The van der Waals surface area contributed by atoms with Gasteiger partial charge in [0.1, 0.15) is 17.3 Å². The average molecular weight is 545 g/mol. The van der Waals surface area contributed by atoms with Crippen molar-refractivity contribution in [2.45, 2.75) is 63.2 Å². The number of rotatable bonds is 9. The van der Waals surface area contributed by atoms with Gasteiger partial charge in [-0.1, -0.05) is 40.5 Å². The number of hydrogen-bond acceptors (Lipinski definition) is 5. The molecule has 2 heterocycles. The Morgan fingerprint density at radius 2 is 1.97 bits per heavy atom. The first kappa shape index (κ1) is 24.7. The van der Waals surface area contributed by atoms with Crippen LogP contribution in [0.2, 0.25) is 10.0 Å². The van der Waals surface area contributed by atoms with Gasteiger partial charge in [-0.3, -0.25) is 4.79 Å². The first-order valence-electron chi connectivity index (χ1n) is 12.7. The SMILES string of the molecule is O=C(O)CCc1ccc(N2C[C@@H]3C[C@H]2C[C@H]3OCc2c(-c3c(Cl)cccc3Cl)noc2C2CC2)c(F)c1. The molecule has 0 amide bonds. The Hall–Kier alpha value is -2.61. The predicted octanol–water partition coefficient (Wildman–Crippen LogP) is 6.87. The molecule has 37 heavy (non-hydrogen) atoms. The van der Waals surface area contributed by atoms with Crippen molar-refractivity contribution in [3.63, 3.8) is 0 Å². The van der Waals surface area contributed by atoms with E-state index in [1.165, 1.54) is 6.07 Å². The van der Waals surface area contributed by atoms with Crippen LogP contribution in [-0.2, 0) is 22.6 Å². The summed E-state index contributed by atoms with van der Waals surface area (Å²) in [5, 5.41) is 14.3. The first-order valence-corrected chi connectivity index (χ1v) is 13.5. The Bertz CT molecular complexity index is 1320. The van der Waals surface area contributed by atoms with Crippen LogP contribution in [-0.4, -0.2) is 34.9 Å². The molecule has 6 rings (SSSR count). The summed E-state index contributed by atoms with van der Waals surface area (Å²) in [4.78, 5) is 13.0. The monoisotopic (exact) mass is 544 g/mol. The Balaban J connectivity index is 1.15. The van der Waals surface area contributed by atoms with Gasteiger partial charge in [-0.05, 0) is 61.9 Å². The molecule has 1 N–H and O–H groups in total. The first-order chi connectivity index (χ1) is 17.9. The lowest BCUT2D eigenvalue weighted by atomic mass is 10.0. The van der Waals surface area contributed by atoms with Gasteiger partial charge < -0.3 is 19.3 Å². The molecule has 1 aliphatic heterocycles. The zero-order chi connectivity index (χ0) is 25.7. The Labute approximate surface area is 224 Å². The van der Waals surface area contributed by atoms with Crippen LogP contribution in [0.4, 0.5) is 10.1 Å². The Kier molecular flexibility index (Phi) is 6.63. The minimum atomic E-state index is -0.884. The van der Waals surface area contributed by atoms with Gasteiger partial charge in [0.15, 0.2) is 0 Å². The molecule has 194 valence electrons. The number of hydrogen-bond donors (Lipinski definition) is 1. The van der Waals surface area contributed by atoms with E-state index >= 15 is 0 Å². The molecule has 2 bridgehead atoms. The third kappa shape index (κ3) is 4.85. The molecule has 3 fully saturated rings. The lowest BCUT2D eigenvalue weighted by molar-refractivity contribution is -0.136. The number of halogens is 3. The number of aliphatic carboxylic acids is 1. The molecule has 3 aromatic rings. The second-order valence-electron chi connectivity index (χ2n) is 10.3. The van der Waals surface area contributed by atoms with E-state index in [2.05, 4.69) is 10.1 Å². The van der Waals surface area contributed by atoms with Gasteiger partial charge >= 0.3 is 5.97 Å². The molecule has 0 spiro atoms. The largest absolute Gasteiger partial charge is 0.481 e. The van der Waals surface area contributed by atoms with E-state index in [9.17, 15) is 9.18 Å². The van der Waals surface area contributed by atoms with Gasteiger partial charge in [0.05, 0.1) is 28.4 Å². The molecule has 0 radical (unpaired) electrons. The van der Waals surface area contributed by atoms with Crippen LogP contribution in [0.3, 0.4) is 0 Å². The number of piperidine rings is 1. The van der Waals surface area contributed by atoms with E-state index < -0.39 is 5.97 Å². The number of ether oxygens (including phenoxy) is 1. The molecule has 2 aliphatic carbocycles. The minimum absolute atomic E-state index is 0.00867. The van der Waals surface area contributed by atoms with Crippen molar-refractivity contribution >= 4 is 34.9 Å². The molecular weight excluding hydrogens is 518 g/mol. The second-order valence-corrected chi connectivity index (χ2v) is 11.1. The van der Waals surface area contributed by atoms with Gasteiger partial charge in [0.25, 0.3) is 0 Å². The van der Waals surface area contributed by atoms with E-state index in [1.807, 2.05) is 6.07 Å². The van der Waals surface area contributed by atoms with Crippen LogP contribution in [0.15, 0.2) is 40.9 Å². The van der Waals surface area contributed by atoms with Crippen LogP contribution in [0.25, 0.3) is 11.3 Å². The van der Waals surface area contributed by atoms with Gasteiger partial charge in [-0.15, -0.1) is 0 Å². The van der Waals surface area contributed by atoms with E-state index in [0.717, 1.165) is 43.6 Å². The third-order valence-corrected chi connectivity index (χ3v) is 8.46. The number of aryl methyl sites for hydroxylation is 1. The molecule has 1 saturated heterocycles. The van der Waals surface area contributed by atoms with E-state index in [4.69, 9.17) is 37.6 Å². The smallest absolute Gasteiger partial charge is 0.303 e. The maximum absolute atomic E-state index is 14.9. The molecule has 9 heteroatoms. The van der Waals surface area contributed by atoms with Crippen LogP contribution < -0.4 is 4.90 Å². The number of aromatic nitrogens is 1. The summed E-state index contributed by atoms with van der Waals surface area (Å²) < 4.78 is 27.1. The molecule has 2 saturated carbocycles. The van der Waals surface area contributed by atoms with Crippen molar-refractivity contribution in [3.05, 3.63) is 69.1 Å². The zero-order valence-electron chi connectivity index (χ0n) is 20.1. The number of benzene rings is 2. The van der Waals surface area contributed by atoms with E-state index in [1.54, 1.807) is 24.3 Å². The number of fused-ring (bicyclic) bond motifs is 2. The lowest BCUT2D eigenvalue weighted by Gasteiger charge is -2.33. The van der Waals surface area contributed by atoms with Gasteiger partial charge in [-0.2, -0.15) is 0 Å². The summed E-state index contributed by atoms with van der Waals surface area (Å²) in [5.74, 6) is 0.337. The molecule has 6 nitrogen and oxygen atoms in total. The van der Waals surface area contributed by atoms with Crippen LogP contribution in [0.5, 0.6) is 0 Å². The zero-order valence-corrected chi connectivity index (χ0v) is 21.6. The molecule has 0 unspecified atom stereocenters. The standard InChI is InChI=1S/C28H27Cl2FN2O4/c29-20-2-1-3-21(30)26(20)27-19(28(37-32-27)16-6-7-16)14-36-24-12-18-11-17(24)13-33(18)23-8-4-15(10-22(23)31)5-9-25(34)35/h1-4,8,10,16-18,24H,5-7,9,11-14H2,(H,34,35)/t17-,18-,24+/m0/s1. The number of carboxylic acids is 1. The van der Waals surface area contributed by atoms with Crippen LogP contribution in [0, 0.1) is 11.7 Å². The topological polar surface area (TPSA) is 75.8 Å². The van der Waals surface area contributed by atoms with E-state index in [-0.39, 0.29) is 24.4 Å². The highest BCUT2D eigenvalue weighted by Crippen LogP contribution is 2.47. The van der Waals surface area contributed by atoms with Crippen molar-refractivity contribution < 1.29 is 23.6 Å². The number of carbonyl (C=O) groups is 1.